The van der Waals surface area contributed by atoms with Gasteiger partial charge in [0, 0.05) is 13.1 Å². The molecule has 90 valence electrons. The average molecular weight is 244 g/mol. The van der Waals surface area contributed by atoms with Crippen LogP contribution < -0.4 is 15.8 Å². The van der Waals surface area contributed by atoms with Crippen molar-refractivity contribution < 1.29 is 8.42 Å². The lowest BCUT2D eigenvalue weighted by Gasteiger charge is -2.07. The number of rotatable bonds is 6. The fraction of sp³-hybridized carbons (Fsp3) is 0.444. The molecule has 16 heavy (non-hydrogen) atoms. The predicted molar refractivity (Wildman–Crippen MR) is 64.6 cm³/mol. The van der Waals surface area contributed by atoms with Crippen LogP contribution in [0.1, 0.15) is 6.92 Å². The van der Waals surface area contributed by atoms with Crippen molar-refractivity contribution in [3.63, 3.8) is 0 Å². The molecule has 0 amide bonds. The van der Waals surface area contributed by atoms with Crippen molar-refractivity contribution in [2.75, 3.05) is 29.9 Å². The van der Waals surface area contributed by atoms with Crippen molar-refractivity contribution in [3.8, 4) is 0 Å². The summed E-state index contributed by atoms with van der Waals surface area (Å²) in [5.41, 5.74) is 6.17. The Morgan fingerprint density at radius 2 is 2.19 bits per heavy atom. The third-order valence-electron chi connectivity index (χ3n) is 1.85. The molecule has 0 spiro atoms. The molecule has 1 aromatic heterocycles. The van der Waals surface area contributed by atoms with Gasteiger partial charge >= 0.3 is 0 Å². The first kappa shape index (κ1) is 12.7. The van der Waals surface area contributed by atoms with Crippen molar-refractivity contribution in [1.82, 2.24) is 9.71 Å². The molecule has 4 N–H and O–H groups in total. The average Bonchev–Trinajstić information content (AvgIpc) is 2.20. The van der Waals surface area contributed by atoms with Gasteiger partial charge in [-0.15, -0.1) is 0 Å². The summed E-state index contributed by atoms with van der Waals surface area (Å²) in [6, 6.07) is 3.41. The topological polar surface area (TPSA) is 97.1 Å². The molecule has 1 heterocycles. The fourth-order valence-electron chi connectivity index (χ4n) is 1.13. The first-order chi connectivity index (χ1) is 7.53. The van der Waals surface area contributed by atoms with Gasteiger partial charge in [-0.3, -0.25) is 0 Å². The van der Waals surface area contributed by atoms with Crippen molar-refractivity contribution in [3.05, 3.63) is 18.3 Å². The monoisotopic (exact) mass is 244 g/mol. The number of sulfonamides is 1. The number of nitrogens with one attached hydrogen (secondary N) is 2. The third kappa shape index (κ3) is 4.45. The van der Waals surface area contributed by atoms with Crippen molar-refractivity contribution in [2.24, 2.45) is 0 Å². The molecule has 0 saturated carbocycles. The molecule has 6 nitrogen and oxygen atoms in total. The number of nitrogen functional groups attached to an aromatic ring is 1. The second-order valence-corrected chi connectivity index (χ2v) is 5.14. The van der Waals surface area contributed by atoms with Crippen LogP contribution in [0.15, 0.2) is 18.3 Å². The number of pyridine rings is 1. The lowest BCUT2D eigenvalue weighted by Crippen LogP contribution is -2.29. The van der Waals surface area contributed by atoms with Crippen LogP contribution in [0.2, 0.25) is 0 Å². The lowest BCUT2D eigenvalue weighted by molar-refractivity contribution is 0.584. The molecule has 0 aliphatic carbocycles. The Labute approximate surface area is 95.3 Å². The number of anilines is 2. The van der Waals surface area contributed by atoms with Gasteiger partial charge in [0.15, 0.2) is 0 Å². The number of hydrogen-bond acceptors (Lipinski definition) is 5. The SMILES string of the molecule is CCNS(=O)(=O)CCNc1ccc(N)nc1. The van der Waals surface area contributed by atoms with E-state index in [1.807, 2.05) is 0 Å². The summed E-state index contributed by atoms with van der Waals surface area (Å²) < 4.78 is 25.0. The smallest absolute Gasteiger partial charge is 0.213 e. The zero-order valence-electron chi connectivity index (χ0n) is 9.10. The summed E-state index contributed by atoms with van der Waals surface area (Å²) in [5.74, 6) is 0.469. The first-order valence-corrected chi connectivity index (χ1v) is 6.61. The second-order valence-electron chi connectivity index (χ2n) is 3.22. The highest BCUT2D eigenvalue weighted by atomic mass is 32.2. The molecule has 0 radical (unpaired) electrons. The van der Waals surface area contributed by atoms with E-state index in [0.29, 0.717) is 18.9 Å². The van der Waals surface area contributed by atoms with Gasteiger partial charge in [-0.25, -0.2) is 18.1 Å². The highest BCUT2D eigenvalue weighted by Gasteiger charge is 2.07. The number of hydrogen-bond donors (Lipinski definition) is 3. The van der Waals surface area contributed by atoms with E-state index < -0.39 is 10.0 Å². The molecular formula is C9H16N4O2S. The maximum Gasteiger partial charge on any atom is 0.213 e. The normalized spacial score (nSPS) is 11.3. The Bertz CT molecular complexity index is 416. The number of nitrogens with two attached hydrogens (primary N) is 1. The minimum atomic E-state index is -3.17. The Morgan fingerprint density at radius 3 is 2.75 bits per heavy atom. The van der Waals surface area contributed by atoms with Crippen LogP contribution in [0, 0.1) is 0 Å². The molecule has 1 aromatic rings. The van der Waals surface area contributed by atoms with Crippen LogP contribution in [0.5, 0.6) is 0 Å². The molecule has 0 bridgehead atoms. The maximum atomic E-state index is 11.3. The van der Waals surface area contributed by atoms with Gasteiger partial charge in [-0.1, -0.05) is 6.92 Å². The quantitative estimate of drug-likeness (QED) is 0.655. The molecule has 0 aliphatic rings. The molecule has 0 aromatic carbocycles. The highest BCUT2D eigenvalue weighted by molar-refractivity contribution is 7.89. The van der Waals surface area contributed by atoms with Crippen LogP contribution in [-0.2, 0) is 10.0 Å². The van der Waals surface area contributed by atoms with Gasteiger partial charge in [-0.05, 0) is 12.1 Å². The molecular weight excluding hydrogens is 228 g/mol. The van der Waals surface area contributed by atoms with Crippen LogP contribution >= 0.6 is 0 Å². The maximum absolute atomic E-state index is 11.3. The van der Waals surface area contributed by atoms with E-state index in [1.54, 1.807) is 25.3 Å². The van der Waals surface area contributed by atoms with E-state index in [0.717, 1.165) is 5.69 Å². The van der Waals surface area contributed by atoms with Gasteiger partial charge in [0.05, 0.1) is 17.6 Å². The largest absolute Gasteiger partial charge is 0.384 e. The minimum Gasteiger partial charge on any atom is -0.384 e. The van der Waals surface area contributed by atoms with E-state index in [9.17, 15) is 8.42 Å². The summed E-state index contributed by atoms with van der Waals surface area (Å²) in [5, 5.41) is 2.95. The summed E-state index contributed by atoms with van der Waals surface area (Å²) >= 11 is 0. The van der Waals surface area contributed by atoms with Gasteiger partial charge in [0.2, 0.25) is 10.0 Å². The first-order valence-electron chi connectivity index (χ1n) is 4.96. The van der Waals surface area contributed by atoms with E-state index in [4.69, 9.17) is 5.73 Å². The van der Waals surface area contributed by atoms with Gasteiger partial charge < -0.3 is 11.1 Å². The second kappa shape index (κ2) is 5.66. The fourth-order valence-corrected chi connectivity index (χ4v) is 2.09. The molecule has 1 rings (SSSR count). The van der Waals surface area contributed by atoms with Crippen molar-refractivity contribution >= 4 is 21.5 Å². The zero-order chi connectivity index (χ0) is 12.0. The summed E-state index contributed by atoms with van der Waals surface area (Å²) in [7, 11) is -3.17. The Morgan fingerprint density at radius 1 is 1.44 bits per heavy atom. The summed E-state index contributed by atoms with van der Waals surface area (Å²) in [6.45, 7) is 2.49. The Kier molecular flexibility index (Phi) is 4.51. The lowest BCUT2D eigenvalue weighted by atomic mass is 10.4. The number of nitrogens with zero attached hydrogens (tertiary/aromatic N) is 1. The molecule has 0 saturated heterocycles. The van der Waals surface area contributed by atoms with Crippen molar-refractivity contribution in [1.29, 1.82) is 0 Å². The van der Waals surface area contributed by atoms with E-state index in [1.165, 1.54) is 0 Å². The molecule has 0 unspecified atom stereocenters. The summed E-state index contributed by atoms with van der Waals surface area (Å²) in [4.78, 5) is 3.88. The highest BCUT2D eigenvalue weighted by Crippen LogP contribution is 2.06. The summed E-state index contributed by atoms with van der Waals surface area (Å²) in [6.07, 6.45) is 1.56. The third-order valence-corrected chi connectivity index (χ3v) is 3.32. The van der Waals surface area contributed by atoms with E-state index in [2.05, 4.69) is 15.0 Å². The zero-order valence-corrected chi connectivity index (χ0v) is 9.92. The minimum absolute atomic E-state index is 0.0330. The van der Waals surface area contributed by atoms with Crippen LogP contribution in [0.25, 0.3) is 0 Å². The van der Waals surface area contributed by atoms with Crippen LogP contribution in [0.4, 0.5) is 11.5 Å². The van der Waals surface area contributed by atoms with Gasteiger partial charge in [-0.2, -0.15) is 0 Å². The molecule has 7 heteroatoms. The van der Waals surface area contributed by atoms with Crippen LogP contribution in [-0.4, -0.2) is 32.2 Å². The number of aromatic nitrogens is 1. The Hall–Kier alpha value is -1.34. The van der Waals surface area contributed by atoms with Gasteiger partial charge in [0.25, 0.3) is 0 Å². The van der Waals surface area contributed by atoms with Crippen molar-refractivity contribution in [2.45, 2.75) is 6.92 Å². The van der Waals surface area contributed by atoms with E-state index in [-0.39, 0.29) is 5.75 Å². The molecule has 0 fully saturated rings. The van der Waals surface area contributed by atoms with E-state index >= 15 is 0 Å². The van der Waals surface area contributed by atoms with Gasteiger partial charge in [0.1, 0.15) is 5.82 Å². The molecule has 0 atom stereocenters. The molecule has 0 aliphatic heterocycles. The standard InChI is InChI=1S/C9H16N4O2S/c1-2-13-16(14,15)6-5-11-8-3-4-9(10)12-7-8/h3-4,7,11,13H,2,5-6H2,1H3,(H2,10,12). The predicted octanol–water partition coefficient (Wildman–Crippen LogP) is 0.0150. The van der Waals surface area contributed by atoms with Crippen LogP contribution in [0.3, 0.4) is 0 Å². The Balaban J connectivity index is 2.39.